The molecule has 2 aromatic rings. The van der Waals surface area contributed by atoms with Crippen molar-refractivity contribution in [2.75, 3.05) is 19.6 Å². The van der Waals surface area contributed by atoms with Crippen molar-refractivity contribution in [2.24, 2.45) is 5.92 Å². The minimum absolute atomic E-state index is 0.0995. The second kappa shape index (κ2) is 7.31. The van der Waals surface area contributed by atoms with Crippen LogP contribution in [0.3, 0.4) is 0 Å². The Labute approximate surface area is 151 Å². The van der Waals surface area contributed by atoms with Gasteiger partial charge >= 0.3 is 0 Å². The molecule has 1 saturated heterocycles. The van der Waals surface area contributed by atoms with E-state index >= 15 is 0 Å². The van der Waals surface area contributed by atoms with E-state index in [4.69, 9.17) is 4.42 Å². The molecule has 1 N–H and O–H groups in total. The van der Waals surface area contributed by atoms with Gasteiger partial charge in [0, 0.05) is 29.4 Å². The van der Waals surface area contributed by atoms with E-state index in [0.717, 1.165) is 22.6 Å². The van der Waals surface area contributed by atoms with Gasteiger partial charge in [-0.1, -0.05) is 0 Å². The van der Waals surface area contributed by atoms with Crippen LogP contribution in [0.5, 0.6) is 0 Å². The highest BCUT2D eigenvalue weighted by Crippen LogP contribution is 2.30. The van der Waals surface area contributed by atoms with Crippen molar-refractivity contribution in [3.8, 4) is 0 Å². The van der Waals surface area contributed by atoms with Gasteiger partial charge in [-0.25, -0.2) is 8.42 Å². The smallest absolute Gasteiger partial charge is 0.286 e. The van der Waals surface area contributed by atoms with Crippen molar-refractivity contribution in [3.63, 3.8) is 0 Å². The molecular weight excluding hydrogens is 360 g/mol. The standard InChI is InChI=1S/C17H22N2O4S2/c1-12-9-16(13(2)24-12)25(21,22)19-7-3-5-14(11-19)10-18-17(20)15-6-4-8-23-15/h4,6,8-9,14H,3,5,7,10-11H2,1-2H3,(H,18,20). The van der Waals surface area contributed by atoms with E-state index in [1.807, 2.05) is 13.8 Å². The number of amides is 1. The molecule has 2 aromatic heterocycles. The molecule has 1 atom stereocenters. The SMILES string of the molecule is Cc1cc(S(=O)(=O)N2CCCC(CNC(=O)c3ccco3)C2)c(C)s1. The summed E-state index contributed by atoms with van der Waals surface area (Å²) in [4.78, 5) is 14.2. The van der Waals surface area contributed by atoms with Gasteiger partial charge in [-0.15, -0.1) is 11.3 Å². The molecular formula is C17H22N2O4S2. The monoisotopic (exact) mass is 382 g/mol. The number of aryl methyl sites for hydroxylation is 2. The first-order valence-electron chi connectivity index (χ1n) is 8.27. The zero-order chi connectivity index (χ0) is 18.0. The number of sulfonamides is 1. The highest BCUT2D eigenvalue weighted by atomic mass is 32.2. The van der Waals surface area contributed by atoms with Crippen molar-refractivity contribution in [2.45, 2.75) is 31.6 Å². The van der Waals surface area contributed by atoms with Crippen LogP contribution in [0.2, 0.25) is 0 Å². The van der Waals surface area contributed by atoms with Crippen molar-refractivity contribution < 1.29 is 17.6 Å². The Morgan fingerprint density at radius 2 is 2.24 bits per heavy atom. The third-order valence-electron chi connectivity index (χ3n) is 4.39. The summed E-state index contributed by atoms with van der Waals surface area (Å²) in [5.41, 5.74) is 0. The average molecular weight is 383 g/mol. The number of rotatable bonds is 5. The fraction of sp³-hybridized carbons (Fsp3) is 0.471. The van der Waals surface area contributed by atoms with Crippen LogP contribution in [0.25, 0.3) is 0 Å². The summed E-state index contributed by atoms with van der Waals surface area (Å²) in [7, 11) is -3.47. The lowest BCUT2D eigenvalue weighted by Gasteiger charge is -2.32. The molecule has 0 spiro atoms. The van der Waals surface area contributed by atoms with Crippen LogP contribution in [0, 0.1) is 19.8 Å². The largest absolute Gasteiger partial charge is 0.459 e. The molecule has 0 saturated carbocycles. The predicted molar refractivity (Wildman–Crippen MR) is 96.3 cm³/mol. The summed E-state index contributed by atoms with van der Waals surface area (Å²) in [5.74, 6) is 0.0985. The van der Waals surface area contributed by atoms with Crippen LogP contribution < -0.4 is 5.32 Å². The molecule has 6 nitrogen and oxygen atoms in total. The third kappa shape index (κ3) is 3.96. The molecule has 1 aliphatic heterocycles. The van der Waals surface area contributed by atoms with E-state index in [0.29, 0.717) is 24.5 Å². The molecule has 0 bridgehead atoms. The molecule has 1 aliphatic rings. The van der Waals surface area contributed by atoms with E-state index in [9.17, 15) is 13.2 Å². The van der Waals surface area contributed by atoms with Gasteiger partial charge in [0.05, 0.1) is 11.2 Å². The van der Waals surface area contributed by atoms with E-state index in [2.05, 4.69) is 5.32 Å². The van der Waals surface area contributed by atoms with E-state index < -0.39 is 10.0 Å². The lowest BCUT2D eigenvalue weighted by molar-refractivity contribution is 0.0913. The molecule has 0 aliphatic carbocycles. The summed E-state index contributed by atoms with van der Waals surface area (Å²) >= 11 is 1.50. The van der Waals surface area contributed by atoms with E-state index in [-0.39, 0.29) is 17.6 Å². The number of furan rings is 1. The highest BCUT2D eigenvalue weighted by molar-refractivity contribution is 7.89. The Morgan fingerprint density at radius 1 is 1.44 bits per heavy atom. The second-order valence-corrected chi connectivity index (χ2v) is 9.70. The van der Waals surface area contributed by atoms with Gasteiger partial charge in [-0.05, 0) is 50.8 Å². The number of carbonyl (C=O) groups is 1. The average Bonchev–Trinajstić information content (AvgIpc) is 3.22. The minimum Gasteiger partial charge on any atom is -0.459 e. The number of hydrogen-bond donors (Lipinski definition) is 1. The maximum atomic E-state index is 12.9. The molecule has 8 heteroatoms. The molecule has 1 amide bonds. The van der Waals surface area contributed by atoms with Crippen molar-refractivity contribution in [1.29, 1.82) is 0 Å². The number of nitrogens with one attached hydrogen (secondary N) is 1. The number of carbonyl (C=O) groups excluding carboxylic acids is 1. The summed E-state index contributed by atoms with van der Waals surface area (Å²) < 4.78 is 32.5. The van der Waals surface area contributed by atoms with Crippen molar-refractivity contribution >= 4 is 27.3 Å². The summed E-state index contributed by atoms with van der Waals surface area (Å²) in [6, 6.07) is 5.02. The van der Waals surface area contributed by atoms with Crippen LogP contribution in [0.15, 0.2) is 33.8 Å². The molecule has 3 heterocycles. The molecule has 3 rings (SSSR count). The summed E-state index contributed by atoms with van der Waals surface area (Å²) in [5, 5.41) is 2.83. The van der Waals surface area contributed by atoms with Gasteiger partial charge < -0.3 is 9.73 Å². The topological polar surface area (TPSA) is 79.6 Å². The first-order chi connectivity index (χ1) is 11.9. The Kier molecular flexibility index (Phi) is 5.31. The summed E-state index contributed by atoms with van der Waals surface area (Å²) in [6.45, 7) is 5.15. The van der Waals surface area contributed by atoms with Crippen LogP contribution in [0.1, 0.15) is 33.2 Å². The van der Waals surface area contributed by atoms with Gasteiger partial charge in [0.2, 0.25) is 10.0 Å². The van der Waals surface area contributed by atoms with Crippen LogP contribution in [-0.4, -0.2) is 38.3 Å². The Morgan fingerprint density at radius 3 is 2.88 bits per heavy atom. The zero-order valence-electron chi connectivity index (χ0n) is 14.3. The van der Waals surface area contributed by atoms with Gasteiger partial charge in [0.15, 0.2) is 5.76 Å². The highest BCUT2D eigenvalue weighted by Gasteiger charge is 2.32. The number of thiophene rings is 1. The van der Waals surface area contributed by atoms with E-state index in [1.165, 1.54) is 17.6 Å². The predicted octanol–water partition coefficient (Wildman–Crippen LogP) is 2.79. The van der Waals surface area contributed by atoms with Gasteiger partial charge in [0.1, 0.15) is 0 Å². The van der Waals surface area contributed by atoms with Crippen LogP contribution >= 0.6 is 11.3 Å². The molecule has 25 heavy (non-hydrogen) atoms. The fourth-order valence-corrected chi connectivity index (χ4v) is 6.22. The quantitative estimate of drug-likeness (QED) is 0.862. The van der Waals surface area contributed by atoms with Gasteiger partial charge in [-0.3, -0.25) is 4.79 Å². The number of piperidine rings is 1. The molecule has 1 unspecified atom stereocenters. The van der Waals surface area contributed by atoms with E-state index in [1.54, 1.807) is 22.5 Å². The van der Waals surface area contributed by atoms with Gasteiger partial charge in [-0.2, -0.15) is 4.31 Å². The first kappa shape index (κ1) is 18.2. The zero-order valence-corrected chi connectivity index (χ0v) is 16.0. The minimum atomic E-state index is -3.47. The number of nitrogens with zero attached hydrogens (tertiary/aromatic N) is 1. The third-order valence-corrected chi connectivity index (χ3v) is 7.48. The summed E-state index contributed by atoms with van der Waals surface area (Å²) in [6.07, 6.45) is 3.14. The normalized spacial score (nSPS) is 19.0. The Bertz CT molecular complexity index is 840. The second-order valence-electron chi connectivity index (χ2n) is 6.34. The molecule has 0 radical (unpaired) electrons. The van der Waals surface area contributed by atoms with Crippen molar-refractivity contribution in [3.05, 3.63) is 40.0 Å². The first-order valence-corrected chi connectivity index (χ1v) is 10.5. The Balaban J connectivity index is 1.64. The molecule has 1 fully saturated rings. The van der Waals surface area contributed by atoms with Crippen molar-refractivity contribution in [1.82, 2.24) is 9.62 Å². The fourth-order valence-electron chi connectivity index (χ4n) is 3.15. The lowest BCUT2D eigenvalue weighted by atomic mass is 10.00. The maximum Gasteiger partial charge on any atom is 0.286 e. The number of hydrogen-bond acceptors (Lipinski definition) is 5. The maximum absolute atomic E-state index is 12.9. The van der Waals surface area contributed by atoms with Gasteiger partial charge in [0.25, 0.3) is 5.91 Å². The Hall–Kier alpha value is -1.64. The lowest BCUT2D eigenvalue weighted by Crippen LogP contribution is -2.43. The molecule has 136 valence electrons. The molecule has 0 aromatic carbocycles. The van der Waals surface area contributed by atoms with Crippen LogP contribution in [0.4, 0.5) is 0 Å². The van der Waals surface area contributed by atoms with Crippen LogP contribution in [-0.2, 0) is 10.0 Å².